The third-order valence-electron chi connectivity index (χ3n) is 6.71. The first kappa shape index (κ1) is 28.9. The zero-order chi connectivity index (χ0) is 27.6. The average Bonchev–Trinajstić information content (AvgIpc) is 3.44. The maximum absolute atomic E-state index is 13.1. The van der Waals surface area contributed by atoms with Crippen molar-refractivity contribution in [2.24, 2.45) is 12.5 Å². The minimum atomic E-state index is -1.11. The van der Waals surface area contributed by atoms with Crippen molar-refractivity contribution < 1.29 is 33.7 Å². The summed E-state index contributed by atoms with van der Waals surface area (Å²) in [5, 5.41) is 13.4. The van der Waals surface area contributed by atoms with E-state index < -0.39 is 11.6 Å². The summed E-state index contributed by atoms with van der Waals surface area (Å²) in [6.45, 7) is 12.6. The van der Waals surface area contributed by atoms with Crippen molar-refractivity contribution >= 4 is 18.0 Å². The van der Waals surface area contributed by atoms with Crippen LogP contribution < -0.4 is 0 Å². The fraction of sp³-hybridized carbons (Fsp3) is 0.769. The Morgan fingerprint density at radius 1 is 1.16 bits per heavy atom. The predicted molar refractivity (Wildman–Crippen MR) is 136 cm³/mol. The Hall–Kier alpha value is -2.66. The predicted octanol–water partition coefficient (Wildman–Crippen LogP) is 2.97. The van der Waals surface area contributed by atoms with Crippen LogP contribution in [0.15, 0.2) is 0 Å². The molecule has 0 bridgehead atoms. The lowest BCUT2D eigenvalue weighted by molar-refractivity contribution is -0.0200. The van der Waals surface area contributed by atoms with Crippen molar-refractivity contribution in [3.8, 4) is 0 Å². The molecule has 1 aliphatic carbocycles. The molecular weight excluding hydrogens is 480 g/mol. The van der Waals surface area contributed by atoms with Gasteiger partial charge in [-0.1, -0.05) is 13.8 Å². The van der Waals surface area contributed by atoms with Gasteiger partial charge in [0.05, 0.1) is 25.4 Å². The molecule has 0 saturated heterocycles. The molecule has 1 aromatic heterocycles. The summed E-state index contributed by atoms with van der Waals surface area (Å²) in [5.41, 5.74) is -0.146. The number of likely N-dealkylation sites (N-methyl/N-ethyl adjacent to an activating group) is 1. The summed E-state index contributed by atoms with van der Waals surface area (Å²) in [5.74, 6) is -1.30. The van der Waals surface area contributed by atoms with Crippen LogP contribution in [0.2, 0.25) is 0 Å². The minimum absolute atomic E-state index is 0.0381. The molecule has 1 aromatic rings. The number of carbonyl (C=O) groups excluding carboxylic acids is 2. The summed E-state index contributed by atoms with van der Waals surface area (Å²) in [6.07, 6.45) is 2.68. The lowest BCUT2D eigenvalue weighted by Gasteiger charge is -2.32. The lowest BCUT2D eigenvalue weighted by Crippen LogP contribution is -2.44. The summed E-state index contributed by atoms with van der Waals surface area (Å²) >= 11 is 0. The summed E-state index contributed by atoms with van der Waals surface area (Å²) in [4.78, 5) is 39.8. The van der Waals surface area contributed by atoms with Crippen LogP contribution in [0.5, 0.6) is 0 Å². The molecule has 11 nitrogen and oxygen atoms in total. The first-order valence-electron chi connectivity index (χ1n) is 12.9. The molecule has 2 amide bonds. The van der Waals surface area contributed by atoms with E-state index in [0.29, 0.717) is 57.1 Å². The van der Waals surface area contributed by atoms with Crippen molar-refractivity contribution in [2.45, 2.75) is 71.5 Å². The van der Waals surface area contributed by atoms with Gasteiger partial charge in [-0.25, -0.2) is 9.59 Å². The monoisotopic (exact) mass is 522 g/mol. The molecule has 1 fully saturated rings. The van der Waals surface area contributed by atoms with Gasteiger partial charge in [-0.2, -0.15) is 5.10 Å². The number of ether oxygens (including phenoxy) is 3. The van der Waals surface area contributed by atoms with E-state index in [9.17, 15) is 19.5 Å². The van der Waals surface area contributed by atoms with Gasteiger partial charge >= 0.3 is 12.1 Å². The van der Waals surface area contributed by atoms with Crippen LogP contribution in [0, 0.1) is 5.41 Å². The number of aryl methyl sites for hydroxylation is 1. The quantitative estimate of drug-likeness (QED) is 0.416. The largest absolute Gasteiger partial charge is 0.476 e. The average molecular weight is 523 g/mol. The van der Waals surface area contributed by atoms with Gasteiger partial charge in [-0.15, -0.1) is 0 Å². The Kier molecular flexibility index (Phi) is 8.58. The number of amides is 2. The van der Waals surface area contributed by atoms with Crippen LogP contribution in [0.1, 0.15) is 80.4 Å². The molecule has 0 radical (unpaired) electrons. The van der Waals surface area contributed by atoms with Gasteiger partial charge in [0.15, 0.2) is 5.69 Å². The number of aromatic carboxylic acids is 1. The molecule has 0 unspecified atom stereocenters. The molecule has 2 aliphatic rings. The SMILES string of the molecule is CN(CCOCC(C)(C)CCOC1(CN2CCc3c(C(=O)O)nn(C)c3C2=O)CC1)C(=O)OC(C)(C)C. The third kappa shape index (κ3) is 7.67. The van der Waals surface area contributed by atoms with E-state index in [2.05, 4.69) is 18.9 Å². The summed E-state index contributed by atoms with van der Waals surface area (Å²) in [6, 6.07) is 0. The molecule has 1 saturated carbocycles. The highest BCUT2D eigenvalue weighted by Gasteiger charge is 2.47. The van der Waals surface area contributed by atoms with Gasteiger partial charge in [0, 0.05) is 39.4 Å². The smallest absolute Gasteiger partial charge is 0.410 e. The Morgan fingerprint density at radius 3 is 2.43 bits per heavy atom. The maximum Gasteiger partial charge on any atom is 0.410 e. The molecule has 0 atom stereocenters. The van der Waals surface area contributed by atoms with E-state index >= 15 is 0 Å². The number of carboxylic acid groups (broad SMARTS) is 1. The number of fused-ring (bicyclic) bond motifs is 1. The van der Waals surface area contributed by atoms with Gasteiger partial charge in [0.2, 0.25) is 0 Å². The van der Waals surface area contributed by atoms with Crippen molar-refractivity contribution in [3.05, 3.63) is 17.0 Å². The van der Waals surface area contributed by atoms with Gasteiger partial charge in [-0.3, -0.25) is 9.48 Å². The number of hydrogen-bond acceptors (Lipinski definition) is 7. The standard InChI is InChI=1S/C26H42N4O7/c1-24(2,3)37-23(34)28(6)13-15-35-17-25(4,5)11-14-36-26(9-10-26)16-30-12-8-18-19(22(32)33)27-29(7)20(18)21(30)31/h8-17H2,1-7H3,(H,32,33). The second-order valence-electron chi connectivity index (χ2n) is 12.0. The first-order chi connectivity index (χ1) is 17.1. The summed E-state index contributed by atoms with van der Waals surface area (Å²) < 4.78 is 18.8. The van der Waals surface area contributed by atoms with Crippen molar-refractivity contribution in [1.82, 2.24) is 19.6 Å². The van der Waals surface area contributed by atoms with Crippen LogP contribution in [0.3, 0.4) is 0 Å². The van der Waals surface area contributed by atoms with E-state index in [1.54, 1.807) is 19.0 Å². The molecule has 1 aliphatic heterocycles. The second kappa shape index (κ2) is 11.0. The Morgan fingerprint density at radius 2 is 1.84 bits per heavy atom. The Bertz CT molecular complexity index is 1010. The van der Waals surface area contributed by atoms with Gasteiger partial charge in [-0.05, 0) is 51.9 Å². The van der Waals surface area contributed by atoms with Crippen molar-refractivity contribution in [2.75, 3.05) is 46.5 Å². The number of rotatable bonds is 12. The maximum atomic E-state index is 13.1. The van der Waals surface area contributed by atoms with Crippen LogP contribution >= 0.6 is 0 Å². The molecular formula is C26H42N4O7. The molecule has 0 aromatic carbocycles. The number of carboxylic acids is 1. The number of carbonyl (C=O) groups is 3. The Balaban J connectivity index is 1.41. The van der Waals surface area contributed by atoms with Crippen LogP contribution in [0.4, 0.5) is 4.79 Å². The molecule has 0 spiro atoms. The van der Waals surface area contributed by atoms with Gasteiger partial charge in [0.1, 0.15) is 11.3 Å². The number of nitrogens with zero attached hydrogens (tertiary/aromatic N) is 4. The zero-order valence-electron chi connectivity index (χ0n) is 23.3. The van der Waals surface area contributed by atoms with Crippen molar-refractivity contribution in [3.63, 3.8) is 0 Å². The van der Waals surface area contributed by atoms with E-state index in [-0.39, 0.29) is 28.7 Å². The normalized spacial score (nSPS) is 16.9. The van der Waals surface area contributed by atoms with Crippen LogP contribution in [-0.4, -0.2) is 100 Å². The van der Waals surface area contributed by atoms with Crippen molar-refractivity contribution in [1.29, 1.82) is 0 Å². The van der Waals surface area contributed by atoms with Gasteiger partial charge in [0.25, 0.3) is 5.91 Å². The summed E-state index contributed by atoms with van der Waals surface area (Å²) in [7, 11) is 3.30. The Labute approximate surface area is 219 Å². The minimum Gasteiger partial charge on any atom is -0.476 e. The topological polar surface area (TPSA) is 123 Å². The highest BCUT2D eigenvalue weighted by molar-refractivity contribution is 5.99. The zero-order valence-corrected chi connectivity index (χ0v) is 23.3. The molecule has 1 N–H and O–H groups in total. The highest BCUT2D eigenvalue weighted by Crippen LogP contribution is 2.42. The van der Waals surface area contributed by atoms with E-state index in [4.69, 9.17) is 14.2 Å². The lowest BCUT2D eigenvalue weighted by atomic mass is 9.91. The van der Waals surface area contributed by atoms with Crippen LogP contribution in [0.25, 0.3) is 0 Å². The van der Waals surface area contributed by atoms with E-state index in [1.165, 1.54) is 9.58 Å². The molecule has 208 valence electrons. The van der Waals surface area contributed by atoms with E-state index in [0.717, 1.165) is 19.3 Å². The highest BCUT2D eigenvalue weighted by atomic mass is 16.6. The molecule has 37 heavy (non-hydrogen) atoms. The number of hydrogen-bond donors (Lipinski definition) is 1. The molecule has 11 heteroatoms. The van der Waals surface area contributed by atoms with Gasteiger partial charge < -0.3 is 29.1 Å². The number of aromatic nitrogens is 2. The fourth-order valence-corrected chi connectivity index (χ4v) is 4.33. The fourth-order valence-electron chi connectivity index (χ4n) is 4.33. The van der Waals surface area contributed by atoms with Crippen LogP contribution in [-0.2, 0) is 27.7 Å². The molecule has 3 rings (SSSR count). The van der Waals surface area contributed by atoms with E-state index in [1.807, 2.05) is 20.8 Å². The second-order valence-corrected chi connectivity index (χ2v) is 12.0. The molecule has 2 heterocycles. The first-order valence-corrected chi connectivity index (χ1v) is 12.9. The third-order valence-corrected chi connectivity index (χ3v) is 6.71.